The van der Waals surface area contributed by atoms with E-state index in [-0.39, 0.29) is 17.2 Å². The van der Waals surface area contributed by atoms with Crippen molar-refractivity contribution >= 4 is 33.8 Å². The van der Waals surface area contributed by atoms with Crippen molar-refractivity contribution in [2.24, 2.45) is 0 Å². The van der Waals surface area contributed by atoms with E-state index in [9.17, 15) is 14.9 Å². The lowest BCUT2D eigenvalue weighted by Crippen LogP contribution is -2.15. The molecule has 2 aromatic heterocycles. The number of nitro benzene ring substituents is 1. The van der Waals surface area contributed by atoms with Gasteiger partial charge >= 0.3 is 0 Å². The summed E-state index contributed by atoms with van der Waals surface area (Å²) in [6.07, 6.45) is 0. The Kier molecular flexibility index (Phi) is 4.45. The second-order valence-electron chi connectivity index (χ2n) is 5.71. The third kappa shape index (κ3) is 3.16. The van der Waals surface area contributed by atoms with Crippen LogP contribution in [0.25, 0.3) is 16.2 Å². The maximum absolute atomic E-state index is 12.5. The Bertz CT molecular complexity index is 1200. The lowest BCUT2D eigenvalue weighted by molar-refractivity contribution is -0.385. The van der Waals surface area contributed by atoms with Crippen LogP contribution in [0.4, 0.5) is 11.6 Å². The van der Waals surface area contributed by atoms with Crippen molar-refractivity contribution in [3.05, 3.63) is 69.6 Å². The van der Waals surface area contributed by atoms with Gasteiger partial charge in [-0.25, -0.2) is 4.52 Å². The molecule has 0 aliphatic carbocycles. The molecule has 0 radical (unpaired) electrons. The molecule has 9 nitrogen and oxygen atoms in total. The van der Waals surface area contributed by atoms with Gasteiger partial charge in [0.2, 0.25) is 4.96 Å². The number of hydrogen-bond acceptors (Lipinski definition) is 7. The molecule has 0 atom stereocenters. The van der Waals surface area contributed by atoms with Crippen molar-refractivity contribution in [1.82, 2.24) is 14.6 Å². The van der Waals surface area contributed by atoms with E-state index in [0.717, 1.165) is 11.3 Å². The fourth-order valence-corrected chi connectivity index (χ4v) is 3.54. The standard InChI is InChI=1S/C18H13N5O4S/c1-27-12-6-4-5-11(9-12)15-10-28-18-20-17(21-22(15)18)19-16(24)13-7-2-3-8-14(13)23(25)26/h2-10H,1H3,(H,19,21,24). The molecule has 4 aromatic rings. The van der Waals surface area contributed by atoms with Crippen LogP contribution in [-0.4, -0.2) is 32.5 Å². The largest absolute Gasteiger partial charge is 0.497 e. The number of nitrogens with one attached hydrogen (secondary N) is 1. The maximum Gasteiger partial charge on any atom is 0.282 e. The number of rotatable bonds is 5. The molecule has 140 valence electrons. The van der Waals surface area contributed by atoms with Crippen molar-refractivity contribution in [3.8, 4) is 17.0 Å². The van der Waals surface area contributed by atoms with Crippen LogP contribution >= 0.6 is 11.3 Å². The van der Waals surface area contributed by atoms with Gasteiger partial charge in [-0.15, -0.1) is 16.4 Å². The fraction of sp³-hybridized carbons (Fsp3) is 0.0556. The fourth-order valence-electron chi connectivity index (χ4n) is 2.71. The number of para-hydroxylation sites is 1. The highest BCUT2D eigenvalue weighted by Crippen LogP contribution is 2.28. The summed E-state index contributed by atoms with van der Waals surface area (Å²) in [5, 5.41) is 19.9. The monoisotopic (exact) mass is 395 g/mol. The smallest absolute Gasteiger partial charge is 0.282 e. The maximum atomic E-state index is 12.5. The lowest BCUT2D eigenvalue weighted by Gasteiger charge is -2.03. The highest BCUT2D eigenvalue weighted by molar-refractivity contribution is 7.15. The number of methoxy groups -OCH3 is 1. The molecule has 0 saturated carbocycles. The number of aromatic nitrogens is 3. The zero-order valence-electron chi connectivity index (χ0n) is 14.5. The summed E-state index contributed by atoms with van der Waals surface area (Å²) in [4.78, 5) is 27.8. The molecule has 28 heavy (non-hydrogen) atoms. The van der Waals surface area contributed by atoms with Crippen LogP contribution in [0.5, 0.6) is 5.75 Å². The summed E-state index contributed by atoms with van der Waals surface area (Å²) >= 11 is 1.36. The number of carbonyl (C=O) groups is 1. The van der Waals surface area contributed by atoms with Gasteiger partial charge in [-0.3, -0.25) is 20.2 Å². The van der Waals surface area contributed by atoms with Crippen LogP contribution in [0.1, 0.15) is 10.4 Å². The van der Waals surface area contributed by atoms with Crippen molar-refractivity contribution < 1.29 is 14.5 Å². The second-order valence-corrected chi connectivity index (χ2v) is 6.55. The molecule has 0 bridgehead atoms. The molecule has 1 amide bonds. The number of hydrogen-bond donors (Lipinski definition) is 1. The topological polar surface area (TPSA) is 112 Å². The summed E-state index contributed by atoms with van der Waals surface area (Å²) in [5.74, 6) is 0.134. The van der Waals surface area contributed by atoms with E-state index in [2.05, 4.69) is 15.4 Å². The van der Waals surface area contributed by atoms with Gasteiger partial charge in [0.05, 0.1) is 17.7 Å². The van der Waals surface area contributed by atoms with E-state index in [0.29, 0.717) is 10.7 Å². The molecule has 2 heterocycles. The molecule has 1 N–H and O–H groups in total. The quantitative estimate of drug-likeness (QED) is 0.408. The van der Waals surface area contributed by atoms with Gasteiger partial charge in [0.15, 0.2) is 0 Å². The van der Waals surface area contributed by atoms with Crippen molar-refractivity contribution in [3.63, 3.8) is 0 Å². The highest BCUT2D eigenvalue weighted by Gasteiger charge is 2.21. The van der Waals surface area contributed by atoms with Gasteiger partial charge in [-0.1, -0.05) is 24.3 Å². The normalized spacial score (nSPS) is 10.8. The Hall–Kier alpha value is -3.79. The zero-order chi connectivity index (χ0) is 19.7. The first-order valence-corrected chi connectivity index (χ1v) is 8.98. The third-order valence-corrected chi connectivity index (χ3v) is 4.83. The van der Waals surface area contributed by atoms with Crippen LogP contribution in [0.3, 0.4) is 0 Å². The van der Waals surface area contributed by atoms with E-state index in [1.54, 1.807) is 17.7 Å². The van der Waals surface area contributed by atoms with Crippen LogP contribution in [-0.2, 0) is 0 Å². The Morgan fingerprint density at radius 3 is 2.86 bits per heavy atom. The van der Waals surface area contributed by atoms with E-state index >= 15 is 0 Å². The number of thiazole rings is 1. The number of amides is 1. The van der Waals surface area contributed by atoms with Gasteiger partial charge in [0, 0.05) is 17.0 Å². The van der Waals surface area contributed by atoms with E-state index in [4.69, 9.17) is 4.74 Å². The molecule has 0 fully saturated rings. The second kappa shape index (κ2) is 7.08. The Balaban J connectivity index is 1.65. The molecule has 0 aliphatic rings. The molecule has 0 unspecified atom stereocenters. The summed E-state index contributed by atoms with van der Waals surface area (Å²) in [7, 11) is 1.59. The lowest BCUT2D eigenvalue weighted by atomic mass is 10.1. The molecule has 0 saturated heterocycles. The molecule has 0 aliphatic heterocycles. The van der Waals surface area contributed by atoms with Crippen LogP contribution in [0, 0.1) is 10.1 Å². The number of fused-ring (bicyclic) bond motifs is 1. The van der Waals surface area contributed by atoms with Gasteiger partial charge in [-0.05, 0) is 18.2 Å². The number of nitrogens with zero attached hydrogens (tertiary/aromatic N) is 4. The number of carbonyl (C=O) groups excluding carboxylic acids is 1. The predicted molar refractivity (Wildman–Crippen MR) is 104 cm³/mol. The first-order chi connectivity index (χ1) is 13.6. The van der Waals surface area contributed by atoms with E-state index < -0.39 is 10.8 Å². The molecule has 10 heteroatoms. The van der Waals surface area contributed by atoms with Crippen LogP contribution < -0.4 is 10.1 Å². The molecule has 4 rings (SSSR count). The minimum Gasteiger partial charge on any atom is -0.497 e. The number of anilines is 1. The first kappa shape index (κ1) is 17.6. The molecule has 0 spiro atoms. The molecular formula is C18H13N5O4S. The summed E-state index contributed by atoms with van der Waals surface area (Å²) in [6.45, 7) is 0. The minimum absolute atomic E-state index is 0.0568. The SMILES string of the molecule is COc1cccc(-c2csc3nc(NC(=O)c4ccccc4[N+](=O)[O-])nn23)c1. The summed E-state index contributed by atoms with van der Waals surface area (Å²) < 4.78 is 6.85. The van der Waals surface area contributed by atoms with Gasteiger partial charge < -0.3 is 4.74 Å². The van der Waals surface area contributed by atoms with Crippen molar-refractivity contribution in [1.29, 1.82) is 0 Å². The van der Waals surface area contributed by atoms with Gasteiger partial charge in [0.1, 0.15) is 11.3 Å². The number of benzene rings is 2. The summed E-state index contributed by atoms with van der Waals surface area (Å²) in [5.41, 5.74) is 1.33. The Labute approximate surface area is 162 Å². The molecular weight excluding hydrogens is 382 g/mol. The number of nitro groups is 1. The average Bonchev–Trinajstić information content (AvgIpc) is 3.28. The van der Waals surface area contributed by atoms with Crippen molar-refractivity contribution in [2.75, 3.05) is 12.4 Å². The minimum atomic E-state index is -0.645. The highest BCUT2D eigenvalue weighted by atomic mass is 32.1. The number of ether oxygens (including phenoxy) is 1. The summed E-state index contributed by atoms with van der Waals surface area (Å²) in [6, 6.07) is 13.2. The Morgan fingerprint density at radius 2 is 2.07 bits per heavy atom. The first-order valence-electron chi connectivity index (χ1n) is 8.10. The van der Waals surface area contributed by atoms with E-state index in [1.165, 1.54) is 29.5 Å². The predicted octanol–water partition coefficient (Wildman–Crippen LogP) is 3.63. The van der Waals surface area contributed by atoms with Gasteiger partial charge in [0.25, 0.3) is 17.5 Å². The third-order valence-electron chi connectivity index (χ3n) is 4.02. The van der Waals surface area contributed by atoms with E-state index in [1.807, 2.05) is 29.6 Å². The molecule has 2 aromatic carbocycles. The average molecular weight is 395 g/mol. The van der Waals surface area contributed by atoms with Crippen LogP contribution in [0.15, 0.2) is 53.9 Å². The van der Waals surface area contributed by atoms with Gasteiger partial charge in [-0.2, -0.15) is 4.98 Å². The van der Waals surface area contributed by atoms with Crippen LogP contribution in [0.2, 0.25) is 0 Å². The Morgan fingerprint density at radius 1 is 1.25 bits per heavy atom. The van der Waals surface area contributed by atoms with Crippen molar-refractivity contribution in [2.45, 2.75) is 0 Å². The zero-order valence-corrected chi connectivity index (χ0v) is 15.3.